The van der Waals surface area contributed by atoms with Crippen LogP contribution in [0.1, 0.15) is 16.2 Å². The smallest absolute Gasteiger partial charge is 0.275 e. The van der Waals surface area contributed by atoms with Gasteiger partial charge in [-0.1, -0.05) is 0 Å². The molecule has 0 fully saturated rings. The number of carbonyl (C=O) groups excluding carboxylic acids is 1. The maximum atomic E-state index is 13.5. The van der Waals surface area contributed by atoms with Crippen LogP contribution < -0.4 is 11.1 Å². The molecule has 1 amide bonds. The van der Waals surface area contributed by atoms with Crippen LogP contribution in [0.3, 0.4) is 0 Å². The summed E-state index contributed by atoms with van der Waals surface area (Å²) in [6, 6.07) is 4.03. The van der Waals surface area contributed by atoms with Gasteiger partial charge in [0.2, 0.25) is 0 Å². The lowest BCUT2D eigenvalue weighted by Crippen LogP contribution is -2.15. The van der Waals surface area contributed by atoms with Crippen LogP contribution >= 0.6 is 0 Å². The van der Waals surface area contributed by atoms with E-state index in [1.165, 1.54) is 24.5 Å². The molecule has 0 radical (unpaired) electrons. The number of amides is 1. The van der Waals surface area contributed by atoms with Crippen molar-refractivity contribution in [2.45, 2.75) is 6.92 Å². The maximum absolute atomic E-state index is 13.5. The highest BCUT2D eigenvalue weighted by Crippen LogP contribution is 2.17. The second-order valence-corrected chi connectivity index (χ2v) is 3.74. The molecule has 0 aliphatic carbocycles. The molecule has 18 heavy (non-hydrogen) atoms. The van der Waals surface area contributed by atoms with Crippen LogP contribution in [0.4, 0.5) is 15.8 Å². The minimum atomic E-state index is -0.594. The summed E-state index contributed by atoms with van der Waals surface area (Å²) in [6.07, 6.45) is 2.80. The van der Waals surface area contributed by atoms with E-state index >= 15 is 0 Å². The minimum Gasteiger partial charge on any atom is -0.399 e. The highest BCUT2D eigenvalue weighted by Gasteiger charge is 2.10. The van der Waals surface area contributed by atoms with E-state index in [0.29, 0.717) is 11.4 Å². The summed E-state index contributed by atoms with van der Waals surface area (Å²) >= 11 is 0. The van der Waals surface area contributed by atoms with Gasteiger partial charge in [-0.3, -0.25) is 9.78 Å². The molecule has 2 rings (SSSR count). The lowest BCUT2D eigenvalue weighted by molar-refractivity contribution is 0.102. The van der Waals surface area contributed by atoms with Gasteiger partial charge < -0.3 is 11.1 Å². The zero-order chi connectivity index (χ0) is 13.1. The average Bonchev–Trinajstić information content (AvgIpc) is 2.33. The molecule has 0 spiro atoms. The van der Waals surface area contributed by atoms with Gasteiger partial charge in [0.25, 0.3) is 5.91 Å². The highest BCUT2D eigenvalue weighted by atomic mass is 19.1. The second kappa shape index (κ2) is 4.79. The molecular weight excluding hydrogens is 235 g/mol. The van der Waals surface area contributed by atoms with Crippen LogP contribution in [-0.2, 0) is 0 Å². The van der Waals surface area contributed by atoms with Crippen molar-refractivity contribution >= 4 is 17.3 Å². The third-order valence-corrected chi connectivity index (χ3v) is 2.25. The fourth-order valence-electron chi connectivity index (χ4n) is 1.33. The van der Waals surface area contributed by atoms with Gasteiger partial charge in [0.05, 0.1) is 17.6 Å². The van der Waals surface area contributed by atoms with Gasteiger partial charge in [-0.25, -0.2) is 9.37 Å². The van der Waals surface area contributed by atoms with Gasteiger partial charge in [0.1, 0.15) is 11.5 Å². The summed E-state index contributed by atoms with van der Waals surface area (Å²) in [5.41, 5.74) is 6.58. The van der Waals surface area contributed by atoms with Crippen LogP contribution in [0.5, 0.6) is 0 Å². The summed E-state index contributed by atoms with van der Waals surface area (Å²) in [4.78, 5) is 19.6. The Morgan fingerprint density at radius 1 is 1.33 bits per heavy atom. The number of rotatable bonds is 2. The summed E-state index contributed by atoms with van der Waals surface area (Å²) in [5.74, 6) is -1.12. The number of anilines is 2. The number of nitrogens with two attached hydrogens (primary N) is 1. The third kappa shape index (κ3) is 2.60. The molecular formula is C12H11FN4O. The number of nitrogen functional groups attached to an aromatic ring is 1. The van der Waals surface area contributed by atoms with E-state index in [1.807, 2.05) is 0 Å². The number of carbonyl (C=O) groups is 1. The summed E-state index contributed by atoms with van der Waals surface area (Å²) < 4.78 is 13.5. The van der Waals surface area contributed by atoms with Gasteiger partial charge in [-0.15, -0.1) is 0 Å². The summed E-state index contributed by atoms with van der Waals surface area (Å²) in [6.45, 7) is 1.76. The predicted molar refractivity (Wildman–Crippen MR) is 65.5 cm³/mol. The van der Waals surface area contributed by atoms with E-state index in [4.69, 9.17) is 5.73 Å². The van der Waals surface area contributed by atoms with E-state index in [0.717, 1.165) is 6.07 Å². The fraction of sp³-hybridized carbons (Fsp3) is 0.0833. The molecule has 1 aromatic heterocycles. The Labute approximate surface area is 103 Å². The number of benzene rings is 1. The molecule has 92 valence electrons. The van der Waals surface area contributed by atoms with Crippen molar-refractivity contribution in [2.75, 3.05) is 11.1 Å². The molecule has 0 bridgehead atoms. The molecule has 6 heteroatoms. The van der Waals surface area contributed by atoms with Gasteiger partial charge in [-0.2, -0.15) is 0 Å². The van der Waals surface area contributed by atoms with Gasteiger partial charge >= 0.3 is 0 Å². The number of nitrogens with one attached hydrogen (secondary N) is 1. The van der Waals surface area contributed by atoms with Crippen LogP contribution in [0, 0.1) is 12.7 Å². The Kier molecular flexibility index (Phi) is 3.18. The van der Waals surface area contributed by atoms with E-state index in [1.54, 1.807) is 6.92 Å². The molecule has 0 unspecified atom stereocenters. The first-order valence-electron chi connectivity index (χ1n) is 5.21. The van der Waals surface area contributed by atoms with Crippen LogP contribution in [0.2, 0.25) is 0 Å². The Bertz CT molecular complexity index is 583. The molecule has 0 saturated heterocycles. The van der Waals surface area contributed by atoms with E-state index in [9.17, 15) is 9.18 Å². The number of nitrogens with zero attached hydrogens (tertiary/aromatic N) is 2. The molecule has 5 nitrogen and oxygen atoms in total. The van der Waals surface area contributed by atoms with E-state index < -0.39 is 11.7 Å². The number of halogens is 1. The maximum Gasteiger partial charge on any atom is 0.275 e. The zero-order valence-electron chi connectivity index (χ0n) is 9.64. The number of hydrogen-bond donors (Lipinski definition) is 2. The Morgan fingerprint density at radius 2 is 2.11 bits per heavy atom. The predicted octanol–water partition coefficient (Wildman–Crippen LogP) is 1.76. The van der Waals surface area contributed by atoms with Crippen molar-refractivity contribution in [2.24, 2.45) is 0 Å². The molecule has 2 aromatic rings. The molecule has 3 N–H and O–H groups in total. The van der Waals surface area contributed by atoms with Crippen molar-refractivity contribution in [3.05, 3.63) is 47.8 Å². The normalized spacial score (nSPS) is 10.1. The highest BCUT2D eigenvalue weighted by molar-refractivity contribution is 6.02. The minimum absolute atomic E-state index is 0.0524. The van der Waals surface area contributed by atoms with Crippen LogP contribution in [0.15, 0.2) is 30.6 Å². The van der Waals surface area contributed by atoms with Gasteiger partial charge in [0, 0.05) is 11.9 Å². The molecule has 1 aromatic carbocycles. The molecule has 0 aliphatic heterocycles. The van der Waals surface area contributed by atoms with Gasteiger partial charge in [-0.05, 0) is 25.1 Å². The summed E-state index contributed by atoms with van der Waals surface area (Å²) in [5, 5.41) is 2.40. The Morgan fingerprint density at radius 3 is 2.72 bits per heavy atom. The number of aryl methyl sites for hydroxylation is 1. The van der Waals surface area contributed by atoms with Crippen molar-refractivity contribution < 1.29 is 9.18 Å². The van der Waals surface area contributed by atoms with E-state index in [-0.39, 0.29) is 11.4 Å². The average molecular weight is 246 g/mol. The lowest BCUT2D eigenvalue weighted by Gasteiger charge is -2.06. The topological polar surface area (TPSA) is 80.9 Å². The number of aromatic nitrogens is 2. The lowest BCUT2D eigenvalue weighted by atomic mass is 10.2. The first-order chi connectivity index (χ1) is 8.56. The molecule has 0 aliphatic rings. The van der Waals surface area contributed by atoms with Crippen LogP contribution in [-0.4, -0.2) is 15.9 Å². The monoisotopic (exact) mass is 246 g/mol. The first kappa shape index (κ1) is 12.0. The largest absolute Gasteiger partial charge is 0.399 e. The van der Waals surface area contributed by atoms with E-state index in [2.05, 4.69) is 15.3 Å². The van der Waals surface area contributed by atoms with Crippen molar-refractivity contribution in [1.29, 1.82) is 0 Å². The summed E-state index contributed by atoms with van der Waals surface area (Å²) in [7, 11) is 0. The fourth-order valence-corrected chi connectivity index (χ4v) is 1.33. The Hall–Kier alpha value is -2.50. The third-order valence-electron chi connectivity index (χ3n) is 2.25. The van der Waals surface area contributed by atoms with Crippen LogP contribution in [0.25, 0.3) is 0 Å². The SMILES string of the molecule is Cc1cnc(C(=O)Nc2ccc(N)cc2F)cn1. The quantitative estimate of drug-likeness (QED) is 0.791. The molecule has 0 atom stereocenters. The van der Waals surface area contributed by atoms with Crippen molar-refractivity contribution in [1.82, 2.24) is 9.97 Å². The van der Waals surface area contributed by atoms with Crippen molar-refractivity contribution in [3.63, 3.8) is 0 Å². The van der Waals surface area contributed by atoms with Gasteiger partial charge in [0.15, 0.2) is 0 Å². The first-order valence-corrected chi connectivity index (χ1v) is 5.21. The Balaban J connectivity index is 2.18. The zero-order valence-corrected chi connectivity index (χ0v) is 9.64. The second-order valence-electron chi connectivity index (χ2n) is 3.74. The number of hydrogen-bond acceptors (Lipinski definition) is 4. The standard InChI is InChI=1S/C12H11FN4O/c1-7-5-16-11(6-15-7)12(18)17-10-3-2-8(14)4-9(10)13/h2-6H,14H2,1H3,(H,17,18). The molecule has 0 saturated carbocycles. The van der Waals surface area contributed by atoms with Crippen molar-refractivity contribution in [3.8, 4) is 0 Å². The molecule has 1 heterocycles.